The molecule has 0 aliphatic carbocycles. The number of aliphatic hydroxyl groups excluding tert-OH is 1. The standard InChI is InChI=1S/C15H24N2OS/c1-3-19-15-6-4-5-13(12(15)9-16)17-8-7-11(2)14(17)10-18/h4-6,11,14,18H,3,7-10,16H2,1-2H3. The second-order valence-corrected chi connectivity index (χ2v) is 6.41. The average molecular weight is 280 g/mol. The van der Waals surface area contributed by atoms with E-state index in [9.17, 15) is 5.11 Å². The van der Waals surface area contributed by atoms with Crippen LogP contribution in [0.3, 0.4) is 0 Å². The van der Waals surface area contributed by atoms with E-state index in [1.165, 1.54) is 16.1 Å². The third kappa shape index (κ3) is 2.91. The largest absolute Gasteiger partial charge is 0.394 e. The van der Waals surface area contributed by atoms with Gasteiger partial charge in [-0.15, -0.1) is 11.8 Å². The van der Waals surface area contributed by atoms with Crippen LogP contribution < -0.4 is 10.6 Å². The van der Waals surface area contributed by atoms with Crippen LogP contribution >= 0.6 is 11.8 Å². The molecule has 0 radical (unpaired) electrons. The van der Waals surface area contributed by atoms with E-state index in [1.54, 1.807) is 0 Å². The van der Waals surface area contributed by atoms with Crippen molar-refractivity contribution in [3.63, 3.8) is 0 Å². The maximum Gasteiger partial charge on any atom is 0.0637 e. The van der Waals surface area contributed by atoms with Gasteiger partial charge in [0, 0.05) is 29.2 Å². The van der Waals surface area contributed by atoms with E-state index in [-0.39, 0.29) is 12.6 Å². The lowest BCUT2D eigenvalue weighted by molar-refractivity contribution is 0.244. The summed E-state index contributed by atoms with van der Waals surface area (Å²) in [6.07, 6.45) is 1.14. The predicted molar refractivity (Wildman–Crippen MR) is 82.7 cm³/mol. The number of hydrogen-bond acceptors (Lipinski definition) is 4. The maximum atomic E-state index is 9.63. The molecule has 19 heavy (non-hydrogen) atoms. The first kappa shape index (κ1) is 14.7. The summed E-state index contributed by atoms with van der Waals surface area (Å²) in [4.78, 5) is 3.62. The van der Waals surface area contributed by atoms with Gasteiger partial charge in [-0.05, 0) is 30.2 Å². The van der Waals surface area contributed by atoms with Crippen molar-refractivity contribution < 1.29 is 5.11 Å². The van der Waals surface area contributed by atoms with Gasteiger partial charge in [0.25, 0.3) is 0 Å². The lowest BCUT2D eigenvalue weighted by atomic mass is 10.0. The number of nitrogens with two attached hydrogens (primary N) is 1. The van der Waals surface area contributed by atoms with Crippen LogP contribution in [0.15, 0.2) is 23.1 Å². The topological polar surface area (TPSA) is 49.5 Å². The highest BCUT2D eigenvalue weighted by Crippen LogP contribution is 2.35. The van der Waals surface area contributed by atoms with Crippen molar-refractivity contribution in [2.24, 2.45) is 11.7 Å². The summed E-state index contributed by atoms with van der Waals surface area (Å²) >= 11 is 1.84. The summed E-state index contributed by atoms with van der Waals surface area (Å²) in [6, 6.07) is 6.62. The Labute approximate surface area is 120 Å². The van der Waals surface area contributed by atoms with Crippen LogP contribution in [-0.2, 0) is 6.54 Å². The van der Waals surface area contributed by atoms with Crippen LogP contribution in [0.2, 0.25) is 0 Å². The van der Waals surface area contributed by atoms with Gasteiger partial charge in [-0.25, -0.2) is 0 Å². The van der Waals surface area contributed by atoms with E-state index in [0.29, 0.717) is 12.5 Å². The van der Waals surface area contributed by atoms with Crippen LogP contribution in [0.4, 0.5) is 5.69 Å². The molecule has 2 atom stereocenters. The van der Waals surface area contributed by atoms with Gasteiger partial charge in [-0.3, -0.25) is 0 Å². The molecule has 3 nitrogen and oxygen atoms in total. The molecule has 0 bridgehead atoms. The molecule has 0 amide bonds. The molecule has 0 aromatic heterocycles. The molecular weight excluding hydrogens is 256 g/mol. The molecule has 0 spiro atoms. The van der Waals surface area contributed by atoms with Gasteiger partial charge in [0.1, 0.15) is 0 Å². The normalized spacial score (nSPS) is 23.1. The highest BCUT2D eigenvalue weighted by Gasteiger charge is 2.31. The molecule has 3 N–H and O–H groups in total. The van der Waals surface area contributed by atoms with Gasteiger partial charge in [-0.2, -0.15) is 0 Å². The second kappa shape index (κ2) is 6.64. The lowest BCUT2D eigenvalue weighted by Gasteiger charge is -2.30. The van der Waals surface area contributed by atoms with Crippen molar-refractivity contribution in [1.29, 1.82) is 0 Å². The smallest absolute Gasteiger partial charge is 0.0637 e. The van der Waals surface area contributed by atoms with Crippen molar-refractivity contribution in [2.45, 2.75) is 37.8 Å². The summed E-state index contributed by atoms with van der Waals surface area (Å²) in [5.41, 5.74) is 8.40. The summed E-state index contributed by atoms with van der Waals surface area (Å²) in [7, 11) is 0. The lowest BCUT2D eigenvalue weighted by Crippen LogP contribution is -2.36. The fourth-order valence-electron chi connectivity index (χ4n) is 2.90. The van der Waals surface area contributed by atoms with Crippen molar-refractivity contribution in [1.82, 2.24) is 0 Å². The molecule has 0 saturated carbocycles. The van der Waals surface area contributed by atoms with Crippen LogP contribution in [0, 0.1) is 5.92 Å². The number of rotatable bonds is 5. The first-order valence-corrected chi connectivity index (χ1v) is 8.03. The SMILES string of the molecule is CCSc1cccc(N2CCC(C)C2CO)c1CN. The maximum absolute atomic E-state index is 9.63. The molecule has 1 fully saturated rings. The first-order valence-electron chi connectivity index (χ1n) is 7.05. The zero-order valence-corrected chi connectivity index (χ0v) is 12.6. The number of benzene rings is 1. The van der Waals surface area contributed by atoms with E-state index in [4.69, 9.17) is 5.73 Å². The average Bonchev–Trinajstić information content (AvgIpc) is 2.79. The Bertz CT molecular complexity index is 425. The summed E-state index contributed by atoms with van der Waals surface area (Å²) in [6.45, 7) is 6.16. The minimum absolute atomic E-state index is 0.219. The molecule has 1 saturated heterocycles. The van der Waals surface area contributed by atoms with E-state index < -0.39 is 0 Å². The molecule has 1 aromatic carbocycles. The van der Waals surface area contributed by atoms with E-state index >= 15 is 0 Å². The highest BCUT2D eigenvalue weighted by atomic mass is 32.2. The minimum Gasteiger partial charge on any atom is -0.394 e. The molecule has 1 aromatic rings. The molecule has 1 aliphatic heterocycles. The van der Waals surface area contributed by atoms with Gasteiger partial charge in [0.15, 0.2) is 0 Å². The Hall–Kier alpha value is -0.710. The van der Waals surface area contributed by atoms with Gasteiger partial charge in [0.2, 0.25) is 0 Å². The minimum atomic E-state index is 0.219. The quantitative estimate of drug-likeness (QED) is 0.814. The number of nitrogens with zero attached hydrogens (tertiary/aromatic N) is 1. The predicted octanol–water partition coefficient (Wildman–Crippen LogP) is 2.46. The number of aliphatic hydroxyl groups is 1. The van der Waals surface area contributed by atoms with Crippen LogP contribution in [0.5, 0.6) is 0 Å². The molecule has 4 heteroatoms. The molecule has 2 rings (SSSR count). The molecule has 106 valence electrons. The summed E-state index contributed by atoms with van der Waals surface area (Å²) in [5, 5.41) is 9.63. The third-order valence-electron chi connectivity index (χ3n) is 3.99. The fraction of sp³-hybridized carbons (Fsp3) is 0.600. The third-order valence-corrected chi connectivity index (χ3v) is 4.97. The van der Waals surface area contributed by atoms with Crippen LogP contribution in [0.25, 0.3) is 0 Å². The van der Waals surface area contributed by atoms with Crippen molar-refractivity contribution >= 4 is 17.4 Å². The second-order valence-electron chi connectivity index (χ2n) is 5.10. The number of thioether (sulfide) groups is 1. The van der Waals surface area contributed by atoms with Crippen LogP contribution in [-0.4, -0.2) is 30.1 Å². The zero-order valence-electron chi connectivity index (χ0n) is 11.8. The highest BCUT2D eigenvalue weighted by molar-refractivity contribution is 7.99. The first-order chi connectivity index (χ1) is 9.22. The monoisotopic (exact) mass is 280 g/mol. The summed E-state index contributed by atoms with van der Waals surface area (Å²) < 4.78 is 0. The van der Waals surface area contributed by atoms with Crippen LogP contribution in [0.1, 0.15) is 25.8 Å². The van der Waals surface area contributed by atoms with Crippen molar-refractivity contribution in [2.75, 3.05) is 23.8 Å². The number of anilines is 1. The van der Waals surface area contributed by atoms with E-state index in [2.05, 4.69) is 36.9 Å². The van der Waals surface area contributed by atoms with Crippen molar-refractivity contribution in [3.8, 4) is 0 Å². The molecule has 1 aliphatic rings. The Balaban J connectivity index is 2.36. The Kier molecular flexibility index (Phi) is 5.13. The van der Waals surface area contributed by atoms with Gasteiger partial charge >= 0.3 is 0 Å². The molecule has 2 unspecified atom stereocenters. The van der Waals surface area contributed by atoms with E-state index in [0.717, 1.165) is 18.7 Å². The van der Waals surface area contributed by atoms with Crippen molar-refractivity contribution in [3.05, 3.63) is 23.8 Å². The fourth-order valence-corrected chi connectivity index (χ4v) is 3.75. The Morgan fingerprint density at radius 3 is 2.89 bits per heavy atom. The molecule has 1 heterocycles. The zero-order chi connectivity index (χ0) is 13.8. The van der Waals surface area contributed by atoms with Gasteiger partial charge < -0.3 is 15.7 Å². The van der Waals surface area contributed by atoms with Gasteiger partial charge in [-0.1, -0.05) is 19.9 Å². The number of hydrogen-bond donors (Lipinski definition) is 2. The molecular formula is C15H24N2OS. The van der Waals surface area contributed by atoms with Gasteiger partial charge in [0.05, 0.1) is 12.6 Å². The summed E-state index contributed by atoms with van der Waals surface area (Å²) in [5.74, 6) is 1.59. The Morgan fingerprint density at radius 2 is 2.26 bits per heavy atom. The van der Waals surface area contributed by atoms with E-state index in [1.807, 2.05) is 11.8 Å². The Morgan fingerprint density at radius 1 is 1.47 bits per heavy atom.